The Morgan fingerprint density at radius 1 is 1.17 bits per heavy atom. The average molecular weight is 435 g/mol. The van der Waals surface area contributed by atoms with Crippen molar-refractivity contribution in [2.45, 2.75) is 13.0 Å². The lowest BCUT2D eigenvalue weighted by Crippen LogP contribution is -2.45. The number of nitrogens with zero attached hydrogens (tertiary/aromatic N) is 1. The maximum Gasteiger partial charge on any atom is 0.247 e. The molecule has 0 aliphatic carbocycles. The lowest BCUT2D eigenvalue weighted by molar-refractivity contribution is -0.116. The molecule has 2 aromatic carbocycles. The first-order chi connectivity index (χ1) is 14.2. The lowest BCUT2D eigenvalue weighted by Gasteiger charge is -2.29. The summed E-state index contributed by atoms with van der Waals surface area (Å²) in [7, 11) is -0.943. The first kappa shape index (κ1) is 23.1. The molecule has 30 heavy (non-hydrogen) atoms. The van der Waals surface area contributed by atoms with Gasteiger partial charge in [-0.15, -0.1) is 0 Å². The molecule has 0 saturated heterocycles. The molecule has 8 nitrogen and oxygen atoms in total. The topological polar surface area (TPSA) is 94.2 Å². The fourth-order valence-electron chi connectivity index (χ4n) is 2.82. The number of amides is 1. The van der Waals surface area contributed by atoms with Gasteiger partial charge in [0.25, 0.3) is 0 Å². The summed E-state index contributed by atoms with van der Waals surface area (Å²) >= 11 is 0. The second-order valence-electron chi connectivity index (χ2n) is 6.39. The zero-order valence-corrected chi connectivity index (χ0v) is 18.2. The third-order valence-corrected chi connectivity index (χ3v) is 5.41. The van der Waals surface area contributed by atoms with Crippen LogP contribution in [0.3, 0.4) is 0 Å². The standard InChI is InChI=1S/C21H26N2O6S/c1-6-12-29-18-9-7-8-16(13-18)22-21(24)15(2)23(30(5,25)26)19-14-17(27-3)10-11-20(19)28-4/h6-11,13-15H,1,12H2,2-5H3,(H,22,24)/t15-/m0/s1. The van der Waals surface area contributed by atoms with Gasteiger partial charge in [0.1, 0.15) is 29.9 Å². The zero-order chi connectivity index (χ0) is 22.3. The molecule has 0 aliphatic rings. The summed E-state index contributed by atoms with van der Waals surface area (Å²) in [6, 6.07) is 10.4. The number of sulfonamides is 1. The van der Waals surface area contributed by atoms with E-state index < -0.39 is 22.0 Å². The molecule has 0 bridgehead atoms. The van der Waals surface area contributed by atoms with E-state index >= 15 is 0 Å². The summed E-state index contributed by atoms with van der Waals surface area (Å²) in [5, 5.41) is 2.72. The van der Waals surface area contributed by atoms with E-state index in [1.807, 2.05) is 0 Å². The van der Waals surface area contributed by atoms with E-state index in [-0.39, 0.29) is 5.69 Å². The molecular formula is C21H26N2O6S. The number of methoxy groups -OCH3 is 2. The first-order valence-electron chi connectivity index (χ1n) is 9.07. The normalized spacial score (nSPS) is 11.9. The number of hydrogen-bond acceptors (Lipinski definition) is 6. The molecule has 162 valence electrons. The molecule has 0 heterocycles. The van der Waals surface area contributed by atoms with E-state index in [1.165, 1.54) is 27.2 Å². The van der Waals surface area contributed by atoms with Crippen molar-refractivity contribution in [1.29, 1.82) is 0 Å². The number of carbonyl (C=O) groups is 1. The fourth-order valence-corrected chi connectivity index (χ4v) is 3.99. The summed E-state index contributed by atoms with van der Waals surface area (Å²) in [4.78, 5) is 12.9. The van der Waals surface area contributed by atoms with Crippen molar-refractivity contribution in [2.24, 2.45) is 0 Å². The molecule has 0 spiro atoms. The van der Waals surface area contributed by atoms with Crippen LogP contribution in [-0.4, -0.2) is 47.4 Å². The third-order valence-electron chi connectivity index (χ3n) is 4.18. The second kappa shape index (κ2) is 10.0. The monoisotopic (exact) mass is 434 g/mol. The fraction of sp³-hybridized carbons (Fsp3) is 0.286. The van der Waals surface area contributed by atoms with Crippen LogP contribution in [0.2, 0.25) is 0 Å². The predicted octanol–water partition coefficient (Wildman–Crippen LogP) is 3.06. The number of rotatable bonds is 10. The minimum atomic E-state index is -3.83. The molecule has 1 N–H and O–H groups in total. The number of nitrogens with one attached hydrogen (secondary N) is 1. The number of anilines is 2. The van der Waals surface area contributed by atoms with Gasteiger partial charge in [-0.05, 0) is 31.2 Å². The molecular weight excluding hydrogens is 408 g/mol. The summed E-state index contributed by atoms with van der Waals surface area (Å²) < 4.78 is 42.1. The predicted molar refractivity (Wildman–Crippen MR) is 117 cm³/mol. The Balaban J connectivity index is 2.36. The highest BCUT2D eigenvalue weighted by molar-refractivity contribution is 7.92. The second-order valence-corrected chi connectivity index (χ2v) is 8.25. The highest BCUT2D eigenvalue weighted by Gasteiger charge is 2.31. The minimum Gasteiger partial charge on any atom is -0.497 e. The van der Waals surface area contributed by atoms with Crippen LogP contribution in [0.15, 0.2) is 55.1 Å². The van der Waals surface area contributed by atoms with Crippen LogP contribution in [0, 0.1) is 0 Å². The van der Waals surface area contributed by atoms with Gasteiger partial charge in [0, 0.05) is 17.8 Å². The minimum absolute atomic E-state index is 0.199. The Morgan fingerprint density at radius 3 is 2.50 bits per heavy atom. The van der Waals surface area contributed by atoms with Crippen LogP contribution in [0.5, 0.6) is 17.2 Å². The van der Waals surface area contributed by atoms with Crippen LogP contribution >= 0.6 is 0 Å². The van der Waals surface area contributed by atoms with Crippen molar-refractivity contribution in [3.05, 3.63) is 55.1 Å². The van der Waals surface area contributed by atoms with Crippen molar-refractivity contribution in [1.82, 2.24) is 0 Å². The summed E-state index contributed by atoms with van der Waals surface area (Å²) in [5.41, 5.74) is 0.671. The molecule has 1 amide bonds. The molecule has 2 aromatic rings. The number of hydrogen-bond donors (Lipinski definition) is 1. The van der Waals surface area contributed by atoms with Crippen LogP contribution in [0.25, 0.3) is 0 Å². The number of benzene rings is 2. The van der Waals surface area contributed by atoms with E-state index in [0.717, 1.165) is 10.6 Å². The van der Waals surface area contributed by atoms with Gasteiger partial charge >= 0.3 is 0 Å². The van der Waals surface area contributed by atoms with Gasteiger partial charge in [0.05, 0.1) is 26.2 Å². The smallest absolute Gasteiger partial charge is 0.247 e. The maximum atomic E-state index is 12.9. The van der Waals surface area contributed by atoms with Crippen molar-refractivity contribution in [2.75, 3.05) is 36.7 Å². The van der Waals surface area contributed by atoms with Gasteiger partial charge in [-0.3, -0.25) is 9.10 Å². The van der Waals surface area contributed by atoms with E-state index in [0.29, 0.717) is 29.5 Å². The van der Waals surface area contributed by atoms with Crippen molar-refractivity contribution in [3.63, 3.8) is 0 Å². The van der Waals surface area contributed by atoms with Gasteiger partial charge in [0.2, 0.25) is 15.9 Å². The summed E-state index contributed by atoms with van der Waals surface area (Å²) in [5.74, 6) is 0.751. The Kier molecular flexibility index (Phi) is 7.71. The maximum absolute atomic E-state index is 12.9. The Morgan fingerprint density at radius 2 is 1.90 bits per heavy atom. The zero-order valence-electron chi connectivity index (χ0n) is 17.4. The van der Waals surface area contributed by atoms with Crippen molar-refractivity contribution in [3.8, 4) is 17.2 Å². The summed E-state index contributed by atoms with van der Waals surface area (Å²) in [6.45, 7) is 5.41. The molecule has 1 atom stereocenters. The Hall–Kier alpha value is -3.20. The Bertz CT molecular complexity index is 1010. The van der Waals surface area contributed by atoms with E-state index in [4.69, 9.17) is 14.2 Å². The third kappa shape index (κ3) is 5.66. The lowest BCUT2D eigenvalue weighted by atomic mass is 10.2. The van der Waals surface area contributed by atoms with Crippen LogP contribution < -0.4 is 23.8 Å². The highest BCUT2D eigenvalue weighted by atomic mass is 32.2. The molecule has 2 rings (SSSR count). The van der Waals surface area contributed by atoms with Crippen molar-refractivity contribution < 1.29 is 27.4 Å². The van der Waals surface area contributed by atoms with Gasteiger partial charge in [0.15, 0.2) is 0 Å². The number of carbonyl (C=O) groups excluding carboxylic acids is 1. The van der Waals surface area contributed by atoms with E-state index in [2.05, 4.69) is 11.9 Å². The first-order valence-corrected chi connectivity index (χ1v) is 10.9. The van der Waals surface area contributed by atoms with Gasteiger partial charge in [-0.25, -0.2) is 8.42 Å². The molecule has 0 unspecified atom stereocenters. The molecule has 0 aliphatic heterocycles. The molecule has 0 fully saturated rings. The largest absolute Gasteiger partial charge is 0.497 e. The molecule has 0 radical (unpaired) electrons. The quantitative estimate of drug-likeness (QED) is 0.578. The molecule has 0 saturated carbocycles. The van der Waals surface area contributed by atoms with Crippen LogP contribution in [0.4, 0.5) is 11.4 Å². The van der Waals surface area contributed by atoms with Gasteiger partial charge < -0.3 is 19.5 Å². The Labute approximate surface area is 177 Å². The van der Waals surface area contributed by atoms with Gasteiger partial charge in [-0.2, -0.15) is 0 Å². The van der Waals surface area contributed by atoms with Crippen LogP contribution in [0.1, 0.15) is 6.92 Å². The van der Waals surface area contributed by atoms with Crippen LogP contribution in [-0.2, 0) is 14.8 Å². The van der Waals surface area contributed by atoms with Crippen molar-refractivity contribution >= 4 is 27.3 Å². The SMILES string of the molecule is C=CCOc1cccc(NC(=O)[C@H](C)N(c2cc(OC)ccc2OC)S(C)(=O)=O)c1. The number of ether oxygens (including phenoxy) is 3. The van der Waals surface area contributed by atoms with E-state index in [9.17, 15) is 13.2 Å². The van der Waals surface area contributed by atoms with E-state index in [1.54, 1.807) is 42.5 Å². The molecule has 9 heteroatoms. The molecule has 0 aromatic heterocycles. The highest BCUT2D eigenvalue weighted by Crippen LogP contribution is 2.35. The summed E-state index contributed by atoms with van der Waals surface area (Å²) in [6.07, 6.45) is 2.64. The average Bonchev–Trinajstić information content (AvgIpc) is 2.71. The van der Waals surface area contributed by atoms with Gasteiger partial charge in [-0.1, -0.05) is 18.7 Å².